The van der Waals surface area contributed by atoms with Crippen molar-refractivity contribution >= 4 is 52.0 Å². The number of hydrogen-bond acceptors (Lipinski definition) is 4. The second kappa shape index (κ2) is 9.96. The number of halogens is 2. The molecule has 192 valence electrons. The minimum atomic E-state index is -0.606. The van der Waals surface area contributed by atoms with Gasteiger partial charge < -0.3 is 4.74 Å². The van der Waals surface area contributed by atoms with E-state index in [-0.39, 0.29) is 27.8 Å². The van der Waals surface area contributed by atoms with E-state index in [0.717, 1.165) is 4.90 Å². The van der Waals surface area contributed by atoms with Crippen molar-refractivity contribution in [2.45, 2.75) is 19.8 Å². The summed E-state index contributed by atoms with van der Waals surface area (Å²) in [5, 5.41) is 3.74. The van der Waals surface area contributed by atoms with Crippen LogP contribution < -0.4 is 19.8 Å². The van der Waals surface area contributed by atoms with Gasteiger partial charge >= 0.3 is 5.91 Å². The molecule has 1 aliphatic heterocycles. The molecular weight excluding hydrogens is 527 g/mol. The molecule has 0 bridgehead atoms. The number of anilines is 1. The van der Waals surface area contributed by atoms with Gasteiger partial charge in [-0.1, -0.05) is 43.1 Å². The first kappa shape index (κ1) is 25.5. The largest absolute Gasteiger partial charge is 0.497 e. The molecule has 1 N–H and O–H groups in total. The van der Waals surface area contributed by atoms with Gasteiger partial charge in [-0.25, -0.2) is 9.58 Å². The molecule has 0 aliphatic carbocycles. The molecule has 5 rings (SSSR count). The summed E-state index contributed by atoms with van der Waals surface area (Å²) in [5.74, 6) is -0.765. The van der Waals surface area contributed by atoms with Crippen molar-refractivity contribution in [2.75, 3.05) is 12.0 Å². The maximum atomic E-state index is 14.0. The van der Waals surface area contributed by atoms with Crippen molar-refractivity contribution in [3.05, 3.63) is 105 Å². The lowest BCUT2D eigenvalue weighted by Crippen LogP contribution is -2.39. The number of methoxy groups -OCH3 is 1. The van der Waals surface area contributed by atoms with Gasteiger partial charge in [0.2, 0.25) is 0 Å². The zero-order valence-corrected chi connectivity index (χ0v) is 22.2. The van der Waals surface area contributed by atoms with Crippen LogP contribution in [-0.4, -0.2) is 28.7 Å². The molecule has 0 saturated carbocycles. The van der Waals surface area contributed by atoms with Crippen molar-refractivity contribution in [2.24, 2.45) is 0 Å². The SMILES string of the molecule is COc1ccc(N2C(=O)C(c3c(C(C)C)[nH]n(-c4ccc(Cl)c(Cl)c4)c3=O)=C([n+]3ccccc3)C2=O)cc1. The summed E-state index contributed by atoms with van der Waals surface area (Å²) in [6.45, 7) is 3.79. The van der Waals surface area contributed by atoms with Crippen LogP contribution in [0.15, 0.2) is 77.9 Å². The van der Waals surface area contributed by atoms with Gasteiger partial charge in [-0.3, -0.25) is 19.5 Å². The van der Waals surface area contributed by atoms with Gasteiger partial charge in [0.1, 0.15) is 11.3 Å². The summed E-state index contributed by atoms with van der Waals surface area (Å²) < 4.78 is 8.08. The van der Waals surface area contributed by atoms with Crippen LogP contribution in [0.25, 0.3) is 17.0 Å². The highest BCUT2D eigenvalue weighted by Gasteiger charge is 2.48. The normalized spacial score (nSPS) is 13.7. The van der Waals surface area contributed by atoms with Crippen LogP contribution in [0.4, 0.5) is 5.69 Å². The van der Waals surface area contributed by atoms with Crippen molar-refractivity contribution in [1.29, 1.82) is 0 Å². The molecule has 3 heterocycles. The summed E-state index contributed by atoms with van der Waals surface area (Å²) in [6, 6.07) is 16.6. The fourth-order valence-electron chi connectivity index (χ4n) is 4.42. The number of imide groups is 1. The van der Waals surface area contributed by atoms with E-state index in [1.807, 2.05) is 13.8 Å². The molecule has 0 atom stereocenters. The summed E-state index contributed by atoms with van der Waals surface area (Å²) >= 11 is 12.3. The minimum absolute atomic E-state index is 0.00535. The molecule has 2 aromatic heterocycles. The van der Waals surface area contributed by atoms with Gasteiger partial charge in [0.15, 0.2) is 12.4 Å². The number of nitrogens with zero attached hydrogens (tertiary/aromatic N) is 3. The van der Waals surface area contributed by atoms with Crippen molar-refractivity contribution in [1.82, 2.24) is 9.78 Å². The molecular formula is C28H23Cl2N4O4+. The Bertz CT molecular complexity index is 1650. The number of benzene rings is 2. The predicted molar refractivity (Wildman–Crippen MR) is 146 cm³/mol. The second-order valence-electron chi connectivity index (χ2n) is 8.94. The second-order valence-corrected chi connectivity index (χ2v) is 9.76. The Labute approximate surface area is 228 Å². The lowest BCUT2D eigenvalue weighted by molar-refractivity contribution is -0.576. The van der Waals surface area contributed by atoms with Crippen LogP contribution in [0.1, 0.15) is 31.0 Å². The van der Waals surface area contributed by atoms with E-state index in [9.17, 15) is 14.4 Å². The molecule has 1 aliphatic rings. The average molecular weight is 550 g/mol. The molecule has 0 saturated heterocycles. The van der Waals surface area contributed by atoms with Crippen molar-refractivity contribution in [3.8, 4) is 11.4 Å². The number of pyridine rings is 1. The molecule has 0 fully saturated rings. The third-order valence-corrected chi connectivity index (χ3v) is 7.01. The number of carbonyl (C=O) groups is 2. The lowest BCUT2D eigenvalue weighted by Gasteiger charge is -2.14. The van der Waals surface area contributed by atoms with Crippen LogP contribution in [0.5, 0.6) is 5.75 Å². The van der Waals surface area contributed by atoms with Gasteiger partial charge in [-0.15, -0.1) is 0 Å². The van der Waals surface area contributed by atoms with Crippen LogP contribution >= 0.6 is 23.2 Å². The third kappa shape index (κ3) is 4.21. The highest BCUT2D eigenvalue weighted by atomic mass is 35.5. The van der Waals surface area contributed by atoms with E-state index in [0.29, 0.717) is 27.8 Å². The number of carbonyl (C=O) groups excluding carboxylic acids is 2. The molecule has 0 unspecified atom stereocenters. The zero-order valence-electron chi connectivity index (χ0n) is 20.7. The molecule has 8 nitrogen and oxygen atoms in total. The van der Waals surface area contributed by atoms with E-state index < -0.39 is 17.4 Å². The molecule has 4 aromatic rings. The summed E-state index contributed by atoms with van der Waals surface area (Å²) in [7, 11) is 1.53. The summed E-state index contributed by atoms with van der Waals surface area (Å²) in [4.78, 5) is 42.9. The summed E-state index contributed by atoms with van der Waals surface area (Å²) in [6.07, 6.45) is 3.33. The van der Waals surface area contributed by atoms with Crippen LogP contribution in [0.3, 0.4) is 0 Å². The minimum Gasteiger partial charge on any atom is -0.497 e. The van der Waals surface area contributed by atoms with Crippen LogP contribution in [0, 0.1) is 0 Å². The molecule has 10 heteroatoms. The molecule has 2 amide bonds. The lowest BCUT2D eigenvalue weighted by atomic mass is 9.98. The smallest absolute Gasteiger partial charge is 0.331 e. The number of amides is 2. The van der Waals surface area contributed by atoms with Crippen molar-refractivity contribution in [3.63, 3.8) is 0 Å². The number of rotatable bonds is 6. The highest BCUT2D eigenvalue weighted by molar-refractivity contribution is 6.53. The monoisotopic (exact) mass is 549 g/mol. The van der Waals surface area contributed by atoms with E-state index in [4.69, 9.17) is 27.9 Å². The first-order valence-electron chi connectivity index (χ1n) is 11.8. The first-order valence-corrected chi connectivity index (χ1v) is 12.5. The Balaban J connectivity index is 1.77. The van der Waals surface area contributed by atoms with Gasteiger partial charge in [0, 0.05) is 17.8 Å². The molecule has 2 aromatic carbocycles. The molecule has 0 radical (unpaired) electrons. The Morgan fingerprint density at radius 3 is 2.13 bits per heavy atom. The van der Waals surface area contributed by atoms with E-state index in [2.05, 4.69) is 5.10 Å². The molecule has 38 heavy (non-hydrogen) atoms. The fraction of sp³-hybridized carbons (Fsp3) is 0.143. The van der Waals surface area contributed by atoms with Gasteiger partial charge in [-0.05, 0) is 48.4 Å². The third-order valence-electron chi connectivity index (χ3n) is 6.27. The standard InChI is InChI=1S/C28H22Cl2N4O4/c1-16(2)24-22(27(36)34(31-24)18-9-12-20(29)21(30)15-18)23-25(32-13-5-4-6-14-32)28(37)33(26(23)35)17-7-10-19(38-3)11-8-17/h4-16H,1-3H3/p+1. The Morgan fingerprint density at radius 1 is 0.868 bits per heavy atom. The van der Waals surface area contributed by atoms with E-state index in [1.165, 1.54) is 11.8 Å². The van der Waals surface area contributed by atoms with Crippen LogP contribution in [0.2, 0.25) is 10.0 Å². The fourth-order valence-corrected chi connectivity index (χ4v) is 4.71. The quantitative estimate of drug-likeness (QED) is 0.275. The van der Waals surface area contributed by atoms with Crippen molar-refractivity contribution < 1.29 is 18.9 Å². The number of hydrogen-bond donors (Lipinski definition) is 1. The Hall–Kier alpha value is -4.14. The molecule has 0 spiro atoms. The van der Waals surface area contributed by atoms with E-state index >= 15 is 0 Å². The topological polar surface area (TPSA) is 88.3 Å². The number of aromatic amines is 1. The number of nitrogens with one attached hydrogen (secondary N) is 1. The van der Waals surface area contributed by atoms with Gasteiger partial charge in [0.25, 0.3) is 17.2 Å². The Kier molecular flexibility index (Phi) is 6.69. The first-order chi connectivity index (χ1) is 18.2. The Morgan fingerprint density at radius 2 is 1.53 bits per heavy atom. The number of aromatic nitrogens is 3. The number of ether oxygens (including phenoxy) is 1. The van der Waals surface area contributed by atoms with Gasteiger partial charge in [0.05, 0.1) is 34.1 Å². The predicted octanol–water partition coefficient (Wildman–Crippen LogP) is 4.83. The summed E-state index contributed by atoms with van der Waals surface area (Å²) in [5.41, 5.74) is 1.01. The number of H-pyrrole nitrogens is 1. The highest BCUT2D eigenvalue weighted by Crippen LogP contribution is 2.35. The van der Waals surface area contributed by atoms with Gasteiger partial charge in [-0.2, -0.15) is 4.57 Å². The average Bonchev–Trinajstić information content (AvgIpc) is 3.38. The zero-order chi connectivity index (χ0) is 27.1. The van der Waals surface area contributed by atoms with E-state index in [1.54, 1.807) is 77.6 Å². The maximum Gasteiger partial charge on any atom is 0.331 e. The van der Waals surface area contributed by atoms with Crippen LogP contribution in [-0.2, 0) is 9.59 Å². The maximum absolute atomic E-state index is 14.0.